The zero-order valence-corrected chi connectivity index (χ0v) is 10.6. The maximum absolute atomic E-state index is 11.7. The molecule has 18 heavy (non-hydrogen) atoms. The smallest absolute Gasteiger partial charge is 0.332 e. The number of nitrogens with zero attached hydrogens (tertiary/aromatic N) is 2. The van der Waals surface area contributed by atoms with Gasteiger partial charge in [0.25, 0.3) is 10.0 Å². The van der Waals surface area contributed by atoms with Gasteiger partial charge >= 0.3 is 5.97 Å². The number of aryl methyl sites for hydroxylation is 1. The van der Waals surface area contributed by atoms with Crippen LogP contribution in [0.5, 0.6) is 0 Å². The van der Waals surface area contributed by atoms with Crippen LogP contribution in [0, 0.1) is 0 Å². The van der Waals surface area contributed by atoms with E-state index in [1.54, 1.807) is 4.57 Å². The van der Waals surface area contributed by atoms with Gasteiger partial charge in [-0.15, -0.1) is 0 Å². The van der Waals surface area contributed by atoms with Crippen molar-refractivity contribution >= 4 is 16.0 Å². The predicted molar refractivity (Wildman–Crippen MR) is 61.3 cm³/mol. The molecule has 0 bridgehead atoms. The predicted octanol–water partition coefficient (Wildman–Crippen LogP) is -0.983. The molecule has 0 amide bonds. The Hall–Kier alpha value is -1.45. The zero-order chi connectivity index (χ0) is 13.8. The van der Waals surface area contributed by atoms with Gasteiger partial charge in [0.2, 0.25) is 0 Å². The summed E-state index contributed by atoms with van der Waals surface area (Å²) >= 11 is 0. The van der Waals surface area contributed by atoms with Gasteiger partial charge in [0.1, 0.15) is 0 Å². The van der Waals surface area contributed by atoms with Crippen molar-refractivity contribution in [3.05, 3.63) is 12.5 Å². The van der Waals surface area contributed by atoms with Gasteiger partial charge in [-0.2, -0.15) is 0 Å². The van der Waals surface area contributed by atoms with Crippen LogP contribution in [-0.2, 0) is 21.4 Å². The number of carboxylic acids is 1. The third kappa shape index (κ3) is 3.79. The standard InChI is InChI=1S/C9H15N3O5S/c1-2-12-5-8(10-6-12)18(16,17)11-4-3-7(13)9(14)15/h5-7,11,13H,2-4H2,1H3,(H,14,15). The average molecular weight is 277 g/mol. The number of nitrogens with one attached hydrogen (secondary N) is 1. The molecule has 1 atom stereocenters. The van der Waals surface area contributed by atoms with E-state index in [1.165, 1.54) is 12.5 Å². The second kappa shape index (κ2) is 5.94. The van der Waals surface area contributed by atoms with E-state index in [2.05, 4.69) is 9.71 Å². The number of aliphatic hydroxyl groups is 1. The van der Waals surface area contributed by atoms with Gasteiger partial charge in [0.15, 0.2) is 11.1 Å². The number of carbonyl (C=O) groups is 1. The summed E-state index contributed by atoms with van der Waals surface area (Å²) in [6.07, 6.45) is 0.973. The number of aromatic nitrogens is 2. The zero-order valence-electron chi connectivity index (χ0n) is 9.78. The summed E-state index contributed by atoms with van der Waals surface area (Å²) in [5.41, 5.74) is 0. The normalized spacial score (nSPS) is 13.4. The number of imidazole rings is 1. The van der Waals surface area contributed by atoms with E-state index < -0.39 is 22.1 Å². The van der Waals surface area contributed by atoms with Crippen molar-refractivity contribution < 1.29 is 23.4 Å². The highest BCUT2D eigenvalue weighted by molar-refractivity contribution is 7.89. The van der Waals surface area contributed by atoms with Crippen molar-refractivity contribution in [3.8, 4) is 0 Å². The van der Waals surface area contributed by atoms with Crippen molar-refractivity contribution in [2.24, 2.45) is 0 Å². The fourth-order valence-corrected chi connectivity index (χ4v) is 2.17. The third-order valence-corrected chi connectivity index (χ3v) is 3.59. The molecular weight excluding hydrogens is 262 g/mol. The number of sulfonamides is 1. The Bertz CT molecular complexity index is 510. The van der Waals surface area contributed by atoms with E-state index in [4.69, 9.17) is 10.2 Å². The molecule has 9 heteroatoms. The monoisotopic (exact) mass is 277 g/mol. The van der Waals surface area contributed by atoms with E-state index >= 15 is 0 Å². The fraction of sp³-hybridized carbons (Fsp3) is 0.556. The summed E-state index contributed by atoms with van der Waals surface area (Å²) in [6.45, 7) is 2.27. The van der Waals surface area contributed by atoms with Crippen LogP contribution >= 0.6 is 0 Å². The van der Waals surface area contributed by atoms with Crippen LogP contribution in [0.4, 0.5) is 0 Å². The molecular formula is C9H15N3O5S. The molecule has 1 aromatic heterocycles. The Balaban J connectivity index is 2.57. The molecule has 0 fully saturated rings. The van der Waals surface area contributed by atoms with Crippen molar-refractivity contribution in [1.29, 1.82) is 0 Å². The molecule has 0 spiro atoms. The molecule has 1 rings (SSSR count). The molecule has 8 nitrogen and oxygen atoms in total. The van der Waals surface area contributed by atoms with Gasteiger partial charge in [-0.05, 0) is 13.3 Å². The number of hydrogen-bond acceptors (Lipinski definition) is 5. The lowest BCUT2D eigenvalue weighted by Crippen LogP contribution is -2.30. The number of rotatable bonds is 7. The van der Waals surface area contributed by atoms with Crippen LogP contribution < -0.4 is 4.72 Å². The summed E-state index contributed by atoms with van der Waals surface area (Å²) in [6, 6.07) is 0. The number of aliphatic hydroxyl groups excluding tert-OH is 1. The summed E-state index contributed by atoms with van der Waals surface area (Å²) in [5.74, 6) is -1.38. The van der Waals surface area contributed by atoms with E-state index in [-0.39, 0.29) is 18.0 Å². The first kappa shape index (κ1) is 14.6. The molecule has 1 heterocycles. The van der Waals surface area contributed by atoms with Crippen LogP contribution in [0.2, 0.25) is 0 Å². The van der Waals surface area contributed by atoms with Crippen molar-refractivity contribution in [1.82, 2.24) is 14.3 Å². The van der Waals surface area contributed by atoms with Gasteiger partial charge in [0, 0.05) is 19.3 Å². The lowest BCUT2D eigenvalue weighted by atomic mass is 10.3. The lowest BCUT2D eigenvalue weighted by Gasteiger charge is -2.06. The minimum Gasteiger partial charge on any atom is -0.479 e. The Labute approximate surface area is 104 Å². The largest absolute Gasteiger partial charge is 0.479 e. The SMILES string of the molecule is CCn1cnc(S(=O)(=O)NCCC(O)C(=O)O)c1. The molecule has 1 aromatic rings. The fourth-order valence-electron chi connectivity index (χ4n) is 1.18. The molecule has 0 aliphatic rings. The minimum absolute atomic E-state index is 0.130. The summed E-state index contributed by atoms with van der Waals surface area (Å²) in [4.78, 5) is 14.0. The topological polar surface area (TPSA) is 122 Å². The van der Waals surface area contributed by atoms with E-state index in [9.17, 15) is 13.2 Å². The molecule has 0 aliphatic carbocycles. The third-order valence-electron chi connectivity index (χ3n) is 2.24. The molecule has 0 saturated heterocycles. The average Bonchev–Trinajstić information content (AvgIpc) is 2.77. The van der Waals surface area contributed by atoms with Crippen molar-refractivity contribution in [2.75, 3.05) is 6.54 Å². The Kier molecular flexibility index (Phi) is 4.82. The van der Waals surface area contributed by atoms with Gasteiger partial charge in [-0.25, -0.2) is 22.9 Å². The first-order valence-corrected chi connectivity index (χ1v) is 6.77. The van der Waals surface area contributed by atoms with Crippen LogP contribution in [-0.4, -0.2) is 46.8 Å². The Morgan fingerprint density at radius 1 is 1.61 bits per heavy atom. The van der Waals surface area contributed by atoms with Gasteiger partial charge in [0.05, 0.1) is 6.33 Å². The van der Waals surface area contributed by atoms with E-state index in [0.29, 0.717) is 6.54 Å². The van der Waals surface area contributed by atoms with Gasteiger partial charge in [-0.3, -0.25) is 0 Å². The van der Waals surface area contributed by atoms with Crippen LogP contribution in [0.25, 0.3) is 0 Å². The second-order valence-corrected chi connectivity index (χ2v) is 5.30. The molecule has 0 aliphatic heterocycles. The van der Waals surface area contributed by atoms with Crippen LogP contribution in [0.15, 0.2) is 17.6 Å². The first-order chi connectivity index (χ1) is 8.36. The lowest BCUT2D eigenvalue weighted by molar-refractivity contribution is -0.146. The second-order valence-electron chi connectivity index (χ2n) is 3.58. The van der Waals surface area contributed by atoms with E-state index in [0.717, 1.165) is 0 Å². The molecule has 102 valence electrons. The van der Waals surface area contributed by atoms with Gasteiger partial charge in [-0.1, -0.05) is 0 Å². The van der Waals surface area contributed by atoms with Gasteiger partial charge < -0.3 is 14.8 Å². The van der Waals surface area contributed by atoms with Crippen molar-refractivity contribution in [2.45, 2.75) is 31.0 Å². The molecule has 3 N–H and O–H groups in total. The number of hydrogen-bond donors (Lipinski definition) is 3. The summed E-state index contributed by atoms with van der Waals surface area (Å²) < 4.78 is 27.2. The van der Waals surface area contributed by atoms with Crippen LogP contribution in [0.3, 0.4) is 0 Å². The minimum atomic E-state index is -3.76. The molecule has 0 radical (unpaired) electrons. The Morgan fingerprint density at radius 2 is 2.28 bits per heavy atom. The van der Waals surface area contributed by atoms with Crippen molar-refractivity contribution in [3.63, 3.8) is 0 Å². The maximum atomic E-state index is 11.7. The molecule has 0 aromatic carbocycles. The van der Waals surface area contributed by atoms with Crippen LogP contribution in [0.1, 0.15) is 13.3 Å². The highest BCUT2D eigenvalue weighted by atomic mass is 32.2. The van der Waals surface area contributed by atoms with E-state index in [1.807, 2.05) is 6.92 Å². The molecule has 0 saturated carbocycles. The Morgan fingerprint density at radius 3 is 2.78 bits per heavy atom. The maximum Gasteiger partial charge on any atom is 0.332 e. The summed E-state index contributed by atoms with van der Waals surface area (Å²) in [7, 11) is -3.76. The number of carboxylic acid groups (broad SMARTS) is 1. The number of aliphatic carboxylic acids is 1. The summed E-state index contributed by atoms with van der Waals surface area (Å²) in [5, 5.41) is 17.3. The molecule has 1 unspecified atom stereocenters. The first-order valence-electron chi connectivity index (χ1n) is 5.29. The highest BCUT2D eigenvalue weighted by Gasteiger charge is 2.19. The quantitative estimate of drug-likeness (QED) is 0.588. The highest BCUT2D eigenvalue weighted by Crippen LogP contribution is 2.05.